The number of nitrogens with two attached hydrogens (primary N) is 2. The molecule has 1 aromatic heterocycles. The molecule has 0 saturated carbocycles. The molecular formula is C20H24ClF2N5O4. The van der Waals surface area contributed by atoms with Crippen molar-refractivity contribution in [3.05, 3.63) is 35.8 Å². The summed E-state index contributed by atoms with van der Waals surface area (Å²) in [5, 5.41) is 0.902. The second-order valence-electron chi connectivity index (χ2n) is 7.60. The third-order valence-electron chi connectivity index (χ3n) is 4.64. The van der Waals surface area contributed by atoms with E-state index in [1.807, 2.05) is 13.8 Å². The number of carbonyl (C=O) groups is 4. The molecule has 2 aromatic rings. The molecule has 174 valence electrons. The molecule has 4 amide bonds. The number of halogens is 3. The highest BCUT2D eigenvalue weighted by Gasteiger charge is 2.31. The Balaban J connectivity index is 2.52. The lowest BCUT2D eigenvalue weighted by Crippen LogP contribution is -2.51. The van der Waals surface area contributed by atoms with Gasteiger partial charge in [-0.3, -0.25) is 24.6 Å². The Morgan fingerprint density at radius 1 is 1.19 bits per heavy atom. The van der Waals surface area contributed by atoms with Gasteiger partial charge < -0.3 is 16.0 Å². The van der Waals surface area contributed by atoms with Crippen molar-refractivity contribution in [2.75, 3.05) is 6.54 Å². The normalized spacial score (nSPS) is 13.1. The molecule has 0 aliphatic heterocycles. The molecule has 1 aromatic carbocycles. The first-order valence-electron chi connectivity index (χ1n) is 9.71. The molecule has 0 radical (unpaired) electrons. The lowest BCUT2D eigenvalue weighted by molar-refractivity contribution is -0.145. The molecule has 2 atom stereocenters. The van der Waals surface area contributed by atoms with Crippen molar-refractivity contribution in [1.29, 1.82) is 0 Å². The average Bonchev–Trinajstić information content (AvgIpc) is 3.06. The minimum Gasteiger partial charge on any atom is -0.370 e. The van der Waals surface area contributed by atoms with Crippen LogP contribution < -0.4 is 16.9 Å². The van der Waals surface area contributed by atoms with Gasteiger partial charge in [0.2, 0.25) is 5.91 Å². The Kier molecular flexibility index (Phi) is 8.14. The molecule has 9 nitrogen and oxygen atoms in total. The van der Waals surface area contributed by atoms with Crippen molar-refractivity contribution in [2.45, 2.75) is 38.4 Å². The van der Waals surface area contributed by atoms with Crippen LogP contribution in [0.25, 0.3) is 10.9 Å². The van der Waals surface area contributed by atoms with Crippen molar-refractivity contribution in [2.24, 2.45) is 17.4 Å². The second-order valence-corrected chi connectivity index (χ2v) is 7.98. The van der Waals surface area contributed by atoms with Gasteiger partial charge in [0.05, 0.1) is 6.54 Å². The molecule has 12 heteroatoms. The van der Waals surface area contributed by atoms with Crippen LogP contribution in [0, 0.1) is 11.7 Å². The maximum atomic E-state index is 13.7. The van der Waals surface area contributed by atoms with Gasteiger partial charge in [0.15, 0.2) is 0 Å². The summed E-state index contributed by atoms with van der Waals surface area (Å²) in [5.74, 6) is -4.34. The van der Waals surface area contributed by atoms with E-state index in [1.165, 1.54) is 22.8 Å². The van der Waals surface area contributed by atoms with Crippen molar-refractivity contribution in [3.63, 3.8) is 0 Å². The number of nitrogens with zero attached hydrogens (tertiary/aromatic N) is 2. The van der Waals surface area contributed by atoms with Crippen LogP contribution in [-0.2, 0) is 14.4 Å². The van der Waals surface area contributed by atoms with E-state index in [2.05, 4.69) is 5.43 Å². The number of carbonyl (C=O) groups excluding carboxylic acids is 4. The first-order chi connectivity index (χ1) is 14.9. The van der Waals surface area contributed by atoms with Crippen LogP contribution in [-0.4, -0.2) is 45.4 Å². The molecule has 0 unspecified atom stereocenters. The van der Waals surface area contributed by atoms with Gasteiger partial charge in [-0.1, -0.05) is 25.4 Å². The van der Waals surface area contributed by atoms with Crippen LogP contribution in [0.2, 0.25) is 0 Å². The fourth-order valence-electron chi connectivity index (χ4n) is 3.28. The summed E-state index contributed by atoms with van der Waals surface area (Å²) in [4.78, 5) is 48.5. The SMILES string of the molecule is CC(C)C[C@@H](C(=O)NN(CCC(N)=O)C(=O)[C@H](F)Cl)n1c(C(N)=O)cc2cc(F)ccc21. The largest absolute Gasteiger partial charge is 0.370 e. The van der Waals surface area contributed by atoms with E-state index in [0.717, 1.165) is 6.07 Å². The van der Waals surface area contributed by atoms with Crippen molar-refractivity contribution >= 4 is 46.1 Å². The highest BCUT2D eigenvalue weighted by Crippen LogP contribution is 2.29. The molecule has 2 rings (SSSR count). The molecule has 0 bridgehead atoms. The van der Waals surface area contributed by atoms with E-state index >= 15 is 0 Å². The third-order valence-corrected chi connectivity index (χ3v) is 4.83. The van der Waals surface area contributed by atoms with Gasteiger partial charge in [-0.05, 0) is 36.6 Å². The van der Waals surface area contributed by atoms with Crippen LogP contribution in [0.1, 0.15) is 43.2 Å². The van der Waals surface area contributed by atoms with Crippen LogP contribution in [0.5, 0.6) is 0 Å². The summed E-state index contributed by atoms with van der Waals surface area (Å²) in [6.07, 6.45) is -0.173. The summed E-state index contributed by atoms with van der Waals surface area (Å²) in [6.45, 7) is 3.23. The first kappa shape index (κ1) is 25.1. The lowest BCUT2D eigenvalue weighted by Gasteiger charge is -2.28. The summed E-state index contributed by atoms with van der Waals surface area (Å²) in [7, 11) is 0. The van der Waals surface area contributed by atoms with Gasteiger partial charge >= 0.3 is 0 Å². The molecule has 0 fully saturated rings. The number of amides is 4. The summed E-state index contributed by atoms with van der Waals surface area (Å²) in [5.41, 5.74) is 10.7. The zero-order chi connectivity index (χ0) is 24.2. The summed E-state index contributed by atoms with van der Waals surface area (Å²) >= 11 is 5.22. The van der Waals surface area contributed by atoms with E-state index in [-0.39, 0.29) is 24.5 Å². The fraction of sp³-hybridized carbons (Fsp3) is 0.400. The smallest absolute Gasteiger partial charge is 0.291 e. The number of alkyl halides is 2. The Labute approximate surface area is 187 Å². The lowest BCUT2D eigenvalue weighted by atomic mass is 10.0. The van der Waals surface area contributed by atoms with Gasteiger partial charge in [0, 0.05) is 17.3 Å². The quantitative estimate of drug-likeness (QED) is 0.378. The number of aromatic nitrogens is 1. The van der Waals surface area contributed by atoms with Crippen molar-refractivity contribution in [1.82, 2.24) is 15.0 Å². The second kappa shape index (κ2) is 10.4. The molecular weight excluding hydrogens is 448 g/mol. The average molecular weight is 472 g/mol. The molecule has 5 N–H and O–H groups in total. The van der Waals surface area contributed by atoms with E-state index in [9.17, 15) is 28.0 Å². The minimum absolute atomic E-state index is 0.0536. The standard InChI is InChI=1S/C20H24ClF2N5O4/c1-10(2)7-15(19(31)26-27(6-5-16(24)29)20(32)17(21)23)28-13-4-3-12(22)8-11(13)9-14(28)18(25)30/h3-4,8-10,15,17H,5-7H2,1-2H3,(H2,24,29)(H2,25,30)(H,26,31)/t15-,17-/m0/s1. The van der Waals surface area contributed by atoms with Gasteiger partial charge in [0.1, 0.15) is 17.6 Å². The Hall–Kier alpha value is -3.21. The molecule has 0 saturated heterocycles. The minimum atomic E-state index is -2.47. The number of rotatable bonds is 9. The number of nitrogens with one attached hydrogen (secondary N) is 1. The number of hydrazine groups is 1. The molecule has 0 aliphatic rings. The topological polar surface area (TPSA) is 141 Å². The Bertz CT molecular complexity index is 1040. The van der Waals surface area contributed by atoms with Crippen LogP contribution >= 0.6 is 11.6 Å². The first-order valence-corrected chi connectivity index (χ1v) is 10.1. The molecule has 32 heavy (non-hydrogen) atoms. The van der Waals surface area contributed by atoms with Crippen LogP contribution in [0.15, 0.2) is 24.3 Å². The van der Waals surface area contributed by atoms with E-state index in [4.69, 9.17) is 23.1 Å². The van der Waals surface area contributed by atoms with Gasteiger partial charge in [0.25, 0.3) is 23.4 Å². The van der Waals surface area contributed by atoms with E-state index in [0.29, 0.717) is 15.9 Å². The molecule has 1 heterocycles. The predicted octanol–water partition coefficient (Wildman–Crippen LogP) is 1.74. The van der Waals surface area contributed by atoms with E-state index < -0.39 is 47.7 Å². The summed E-state index contributed by atoms with van der Waals surface area (Å²) in [6, 6.07) is 4.01. The Morgan fingerprint density at radius 2 is 1.84 bits per heavy atom. The van der Waals surface area contributed by atoms with Crippen LogP contribution in [0.3, 0.4) is 0 Å². The van der Waals surface area contributed by atoms with Crippen molar-refractivity contribution < 1.29 is 28.0 Å². The zero-order valence-corrected chi connectivity index (χ0v) is 18.2. The molecule has 0 aliphatic carbocycles. The highest BCUT2D eigenvalue weighted by atomic mass is 35.5. The maximum Gasteiger partial charge on any atom is 0.291 e. The number of fused-ring (bicyclic) bond motifs is 1. The molecule has 0 spiro atoms. The van der Waals surface area contributed by atoms with Gasteiger partial charge in [-0.25, -0.2) is 13.8 Å². The zero-order valence-electron chi connectivity index (χ0n) is 17.5. The fourth-order valence-corrected chi connectivity index (χ4v) is 3.40. The summed E-state index contributed by atoms with van der Waals surface area (Å²) < 4.78 is 28.5. The number of hydrogen-bond donors (Lipinski definition) is 3. The van der Waals surface area contributed by atoms with E-state index in [1.54, 1.807) is 0 Å². The third kappa shape index (κ3) is 5.94. The number of hydrogen-bond acceptors (Lipinski definition) is 4. The Morgan fingerprint density at radius 3 is 2.38 bits per heavy atom. The maximum absolute atomic E-state index is 13.7. The van der Waals surface area contributed by atoms with Gasteiger partial charge in [-0.2, -0.15) is 0 Å². The number of benzene rings is 1. The van der Waals surface area contributed by atoms with Crippen molar-refractivity contribution in [3.8, 4) is 0 Å². The van der Waals surface area contributed by atoms with Crippen LogP contribution in [0.4, 0.5) is 8.78 Å². The predicted molar refractivity (Wildman–Crippen MR) is 113 cm³/mol. The monoisotopic (exact) mass is 471 g/mol. The van der Waals surface area contributed by atoms with Gasteiger partial charge in [-0.15, -0.1) is 0 Å². The number of primary amides is 2. The highest BCUT2D eigenvalue weighted by molar-refractivity contribution is 6.29.